The van der Waals surface area contributed by atoms with Crippen LogP contribution in [0.1, 0.15) is 36.8 Å². The molecule has 0 saturated heterocycles. The number of carbonyl (C=O) groups is 2. The molecule has 1 aromatic heterocycles. The zero-order valence-electron chi connectivity index (χ0n) is 13.9. The third-order valence-corrected chi connectivity index (χ3v) is 3.34. The summed E-state index contributed by atoms with van der Waals surface area (Å²) in [6, 6.07) is 10.0. The number of hydrogen-bond donors (Lipinski definition) is 2. The van der Waals surface area contributed by atoms with E-state index in [0.717, 1.165) is 5.56 Å². The van der Waals surface area contributed by atoms with E-state index in [2.05, 4.69) is 31.1 Å². The third-order valence-electron chi connectivity index (χ3n) is 3.34. The molecule has 0 radical (unpaired) electrons. The molecule has 0 atom stereocenters. The van der Waals surface area contributed by atoms with E-state index < -0.39 is 12.6 Å². The van der Waals surface area contributed by atoms with E-state index in [-0.39, 0.29) is 11.3 Å². The Morgan fingerprint density at radius 1 is 1.12 bits per heavy atom. The molecule has 0 fully saturated rings. The summed E-state index contributed by atoms with van der Waals surface area (Å²) in [6.07, 6.45) is 1.71. The van der Waals surface area contributed by atoms with Gasteiger partial charge in [-0.25, -0.2) is 4.79 Å². The number of carboxylic acids is 1. The third kappa shape index (κ3) is 4.81. The monoisotopic (exact) mass is 328 g/mol. The second-order valence-electron chi connectivity index (χ2n) is 6.34. The van der Waals surface area contributed by atoms with Crippen molar-refractivity contribution in [1.29, 1.82) is 0 Å². The van der Waals surface area contributed by atoms with Crippen LogP contribution in [0.5, 0.6) is 5.75 Å². The fraction of sp³-hybridized carbons (Fsp3) is 0.278. The van der Waals surface area contributed by atoms with Gasteiger partial charge in [0.15, 0.2) is 6.61 Å². The number of nitrogens with one attached hydrogen (secondary N) is 1. The molecule has 1 amide bonds. The average Bonchev–Trinajstić information content (AvgIpc) is 2.53. The van der Waals surface area contributed by atoms with Crippen molar-refractivity contribution in [2.24, 2.45) is 0 Å². The summed E-state index contributed by atoms with van der Waals surface area (Å²) in [7, 11) is 0. The van der Waals surface area contributed by atoms with E-state index in [9.17, 15) is 9.59 Å². The van der Waals surface area contributed by atoms with Crippen LogP contribution >= 0.6 is 0 Å². The quantitative estimate of drug-likeness (QED) is 0.880. The SMILES string of the molecule is CC(C)(C)c1ccc(C(=O)Nc2ccc(OCC(=O)O)cc2)nc1. The van der Waals surface area contributed by atoms with Crippen LogP contribution in [0.15, 0.2) is 42.6 Å². The van der Waals surface area contributed by atoms with Gasteiger partial charge in [0.25, 0.3) is 5.91 Å². The predicted molar refractivity (Wildman–Crippen MR) is 90.5 cm³/mol. The zero-order valence-corrected chi connectivity index (χ0v) is 13.9. The van der Waals surface area contributed by atoms with Crippen molar-refractivity contribution in [1.82, 2.24) is 4.98 Å². The molecule has 0 aliphatic heterocycles. The number of pyridine rings is 1. The van der Waals surface area contributed by atoms with Crippen LogP contribution in [0.2, 0.25) is 0 Å². The van der Waals surface area contributed by atoms with Crippen LogP contribution < -0.4 is 10.1 Å². The Kier molecular flexibility index (Phi) is 5.18. The Morgan fingerprint density at radius 3 is 2.29 bits per heavy atom. The van der Waals surface area contributed by atoms with Gasteiger partial charge in [-0.2, -0.15) is 0 Å². The summed E-state index contributed by atoms with van der Waals surface area (Å²) in [5, 5.41) is 11.3. The molecule has 0 saturated carbocycles. The number of anilines is 1. The fourth-order valence-electron chi connectivity index (χ4n) is 1.95. The number of carbonyl (C=O) groups excluding carboxylic acids is 1. The van der Waals surface area contributed by atoms with Gasteiger partial charge in [-0.05, 0) is 41.3 Å². The summed E-state index contributed by atoms with van der Waals surface area (Å²) in [6.45, 7) is 5.84. The summed E-state index contributed by atoms with van der Waals surface area (Å²) < 4.78 is 5.03. The molecule has 6 nitrogen and oxygen atoms in total. The van der Waals surface area contributed by atoms with Gasteiger partial charge in [0.2, 0.25) is 0 Å². The van der Waals surface area contributed by atoms with Crippen molar-refractivity contribution < 1.29 is 19.4 Å². The van der Waals surface area contributed by atoms with Gasteiger partial charge in [0.1, 0.15) is 11.4 Å². The Bertz CT molecular complexity index is 716. The first-order valence-electron chi connectivity index (χ1n) is 7.48. The van der Waals surface area contributed by atoms with Gasteiger partial charge in [-0.15, -0.1) is 0 Å². The van der Waals surface area contributed by atoms with Crippen molar-refractivity contribution in [3.63, 3.8) is 0 Å². The molecule has 0 bridgehead atoms. The number of carboxylic acid groups (broad SMARTS) is 1. The molecule has 2 aromatic rings. The van der Waals surface area contributed by atoms with E-state index in [1.807, 2.05) is 6.07 Å². The zero-order chi connectivity index (χ0) is 17.7. The van der Waals surface area contributed by atoms with Gasteiger partial charge < -0.3 is 15.2 Å². The molecular weight excluding hydrogens is 308 g/mol. The van der Waals surface area contributed by atoms with Gasteiger partial charge in [-0.1, -0.05) is 26.8 Å². The highest BCUT2D eigenvalue weighted by Gasteiger charge is 2.15. The number of nitrogens with zero attached hydrogens (tertiary/aromatic N) is 1. The highest BCUT2D eigenvalue weighted by molar-refractivity contribution is 6.02. The normalized spacial score (nSPS) is 11.0. The number of amides is 1. The molecule has 2 N–H and O–H groups in total. The molecule has 1 aromatic carbocycles. The highest BCUT2D eigenvalue weighted by atomic mass is 16.5. The number of rotatable bonds is 5. The van der Waals surface area contributed by atoms with Crippen LogP contribution in [0.3, 0.4) is 0 Å². The van der Waals surface area contributed by atoms with Crippen molar-refractivity contribution in [2.45, 2.75) is 26.2 Å². The second kappa shape index (κ2) is 7.12. The summed E-state index contributed by atoms with van der Waals surface area (Å²) in [4.78, 5) is 26.8. The van der Waals surface area contributed by atoms with E-state index in [4.69, 9.17) is 9.84 Å². The highest BCUT2D eigenvalue weighted by Crippen LogP contribution is 2.21. The van der Waals surface area contributed by atoms with Crippen LogP contribution in [0.25, 0.3) is 0 Å². The second-order valence-corrected chi connectivity index (χ2v) is 6.34. The van der Waals surface area contributed by atoms with E-state index in [1.165, 1.54) is 0 Å². The van der Waals surface area contributed by atoms with Crippen LogP contribution in [0.4, 0.5) is 5.69 Å². The maximum atomic E-state index is 12.2. The van der Waals surface area contributed by atoms with Crippen molar-refractivity contribution in [2.75, 3.05) is 11.9 Å². The lowest BCUT2D eigenvalue weighted by molar-refractivity contribution is -0.139. The number of ether oxygens (including phenoxy) is 1. The minimum Gasteiger partial charge on any atom is -0.482 e. The van der Waals surface area contributed by atoms with Gasteiger partial charge >= 0.3 is 5.97 Å². The Balaban J connectivity index is 2.00. The first-order valence-corrected chi connectivity index (χ1v) is 7.48. The number of aliphatic carboxylic acids is 1. The molecule has 24 heavy (non-hydrogen) atoms. The van der Waals surface area contributed by atoms with Gasteiger partial charge in [0, 0.05) is 11.9 Å². The Hall–Kier alpha value is -2.89. The molecule has 126 valence electrons. The van der Waals surface area contributed by atoms with Crippen molar-refractivity contribution >= 4 is 17.6 Å². The molecule has 0 spiro atoms. The average molecular weight is 328 g/mol. The summed E-state index contributed by atoms with van der Waals surface area (Å²) in [5.74, 6) is -0.935. The minimum atomic E-state index is -1.04. The molecular formula is C18H20N2O4. The Morgan fingerprint density at radius 2 is 1.79 bits per heavy atom. The molecule has 6 heteroatoms. The molecule has 0 aliphatic carbocycles. The lowest BCUT2D eigenvalue weighted by Crippen LogP contribution is -2.16. The summed E-state index contributed by atoms with van der Waals surface area (Å²) in [5.41, 5.74) is 1.94. The molecule has 0 aliphatic rings. The van der Waals surface area contributed by atoms with Crippen molar-refractivity contribution in [3.05, 3.63) is 53.9 Å². The van der Waals surface area contributed by atoms with Crippen LogP contribution in [-0.4, -0.2) is 28.6 Å². The first kappa shape index (κ1) is 17.5. The smallest absolute Gasteiger partial charge is 0.341 e. The number of aromatic nitrogens is 1. The minimum absolute atomic E-state index is 0.0201. The number of hydrogen-bond acceptors (Lipinski definition) is 4. The lowest BCUT2D eigenvalue weighted by atomic mass is 9.88. The van der Waals surface area contributed by atoms with Crippen LogP contribution in [-0.2, 0) is 10.2 Å². The maximum absolute atomic E-state index is 12.2. The first-order chi connectivity index (χ1) is 11.3. The summed E-state index contributed by atoms with van der Waals surface area (Å²) >= 11 is 0. The van der Waals surface area contributed by atoms with Crippen LogP contribution in [0, 0.1) is 0 Å². The standard InChI is InChI=1S/C18H20N2O4/c1-18(2,3)12-4-9-15(19-10-12)17(23)20-13-5-7-14(8-6-13)24-11-16(21)22/h4-10H,11H2,1-3H3,(H,20,23)(H,21,22). The molecule has 1 heterocycles. The topological polar surface area (TPSA) is 88.5 Å². The largest absolute Gasteiger partial charge is 0.482 e. The molecule has 0 unspecified atom stereocenters. The predicted octanol–water partition coefficient (Wildman–Crippen LogP) is 3.09. The molecule has 2 rings (SSSR count). The van der Waals surface area contributed by atoms with E-state index in [1.54, 1.807) is 36.5 Å². The Labute approximate surface area is 140 Å². The fourth-order valence-corrected chi connectivity index (χ4v) is 1.95. The van der Waals surface area contributed by atoms with E-state index >= 15 is 0 Å². The van der Waals surface area contributed by atoms with Gasteiger partial charge in [-0.3, -0.25) is 9.78 Å². The van der Waals surface area contributed by atoms with E-state index in [0.29, 0.717) is 17.1 Å². The lowest BCUT2D eigenvalue weighted by Gasteiger charge is -2.18. The maximum Gasteiger partial charge on any atom is 0.341 e. The number of benzene rings is 1. The van der Waals surface area contributed by atoms with Crippen molar-refractivity contribution in [3.8, 4) is 5.75 Å². The van der Waals surface area contributed by atoms with Gasteiger partial charge in [0.05, 0.1) is 0 Å².